The number of aromatic nitrogens is 1. The zero-order valence-corrected chi connectivity index (χ0v) is 19.0. The lowest BCUT2D eigenvalue weighted by Crippen LogP contribution is -2.40. The predicted octanol–water partition coefficient (Wildman–Crippen LogP) is 0.673. The Morgan fingerprint density at radius 3 is 2.31 bits per heavy atom. The molecule has 32 heavy (non-hydrogen) atoms. The van der Waals surface area contributed by atoms with E-state index in [-0.39, 0.29) is 16.3 Å². The first kappa shape index (κ1) is 22.7. The van der Waals surface area contributed by atoms with E-state index in [1.54, 1.807) is 12.1 Å². The van der Waals surface area contributed by atoms with Crippen molar-refractivity contribution in [1.29, 1.82) is 0 Å². The number of rotatable bonds is 7. The van der Waals surface area contributed by atoms with E-state index in [9.17, 15) is 21.6 Å². The summed E-state index contributed by atoms with van der Waals surface area (Å²) in [6, 6.07) is 10.6. The second kappa shape index (κ2) is 8.79. The number of oxazole rings is 1. The molecule has 12 heteroatoms. The molecule has 0 unspecified atom stereocenters. The SMILES string of the molecule is Cn1c(=O)oc2ccc(S(=O)(=O)NCCc3ccc(S(=O)(=O)N4CCOCC4)cc3)cc21. The Kier molecular flexibility index (Phi) is 6.23. The van der Waals surface area contributed by atoms with Crippen molar-refractivity contribution in [1.82, 2.24) is 13.6 Å². The molecule has 4 rings (SSSR count). The molecule has 1 aliphatic heterocycles. The number of morpholine rings is 1. The number of sulfonamides is 2. The van der Waals surface area contributed by atoms with E-state index >= 15 is 0 Å². The molecule has 1 fully saturated rings. The van der Waals surface area contributed by atoms with Gasteiger partial charge in [0.15, 0.2) is 5.58 Å². The summed E-state index contributed by atoms with van der Waals surface area (Å²) in [7, 11) is -5.86. The normalized spacial score (nSPS) is 15.9. The second-order valence-electron chi connectivity index (χ2n) is 7.36. The molecule has 10 nitrogen and oxygen atoms in total. The highest BCUT2D eigenvalue weighted by Gasteiger charge is 2.26. The molecule has 2 heterocycles. The zero-order chi connectivity index (χ0) is 22.9. The topological polar surface area (TPSA) is 128 Å². The largest absolute Gasteiger partial charge is 0.419 e. The molecule has 1 aliphatic rings. The third kappa shape index (κ3) is 4.50. The van der Waals surface area contributed by atoms with Gasteiger partial charge in [0.2, 0.25) is 20.0 Å². The van der Waals surface area contributed by atoms with Gasteiger partial charge in [-0.05, 0) is 42.3 Å². The van der Waals surface area contributed by atoms with Gasteiger partial charge in [-0.1, -0.05) is 12.1 Å². The molecule has 1 N–H and O–H groups in total. The Labute approximate surface area is 185 Å². The van der Waals surface area contributed by atoms with E-state index in [1.165, 1.54) is 46.3 Å². The van der Waals surface area contributed by atoms with Crippen molar-refractivity contribution in [3.05, 3.63) is 58.6 Å². The molecule has 0 spiro atoms. The minimum Gasteiger partial charge on any atom is -0.408 e. The zero-order valence-electron chi connectivity index (χ0n) is 17.4. The molecule has 0 atom stereocenters. The number of nitrogens with zero attached hydrogens (tertiary/aromatic N) is 2. The van der Waals surface area contributed by atoms with Crippen molar-refractivity contribution in [3.63, 3.8) is 0 Å². The van der Waals surface area contributed by atoms with Crippen molar-refractivity contribution in [2.45, 2.75) is 16.2 Å². The maximum Gasteiger partial charge on any atom is 0.419 e. The fourth-order valence-electron chi connectivity index (χ4n) is 3.45. The summed E-state index contributed by atoms with van der Waals surface area (Å²) in [5.74, 6) is -0.568. The van der Waals surface area contributed by atoms with Crippen LogP contribution >= 0.6 is 0 Å². The molecule has 0 amide bonds. The maximum absolute atomic E-state index is 12.7. The lowest BCUT2D eigenvalue weighted by molar-refractivity contribution is 0.0730. The van der Waals surface area contributed by atoms with Crippen LogP contribution in [0.25, 0.3) is 11.1 Å². The molecule has 0 radical (unpaired) electrons. The summed E-state index contributed by atoms with van der Waals surface area (Å²) < 4.78 is 66.0. The van der Waals surface area contributed by atoms with E-state index in [4.69, 9.17) is 9.15 Å². The quantitative estimate of drug-likeness (QED) is 0.525. The molecule has 0 bridgehead atoms. The number of aryl methyl sites for hydroxylation is 1. The van der Waals surface area contributed by atoms with Crippen LogP contribution in [0.3, 0.4) is 0 Å². The smallest absolute Gasteiger partial charge is 0.408 e. The van der Waals surface area contributed by atoms with Crippen LogP contribution in [0, 0.1) is 0 Å². The van der Waals surface area contributed by atoms with Crippen molar-refractivity contribution in [3.8, 4) is 0 Å². The highest BCUT2D eigenvalue weighted by atomic mass is 32.2. The van der Waals surface area contributed by atoms with Gasteiger partial charge in [0.05, 0.1) is 28.5 Å². The Balaban J connectivity index is 1.40. The molecule has 2 aromatic carbocycles. The standard InChI is InChI=1S/C20H23N3O7S2/c1-22-18-14-17(6-7-19(18)30-20(22)24)31(25,26)21-9-8-15-2-4-16(5-3-15)32(27,28)23-10-12-29-13-11-23/h2-7,14,21H,8-13H2,1H3. The van der Waals surface area contributed by atoms with Crippen LogP contribution in [0.15, 0.2) is 61.5 Å². The summed E-state index contributed by atoms with van der Waals surface area (Å²) in [6.07, 6.45) is 0.379. The van der Waals surface area contributed by atoms with E-state index in [0.29, 0.717) is 43.8 Å². The lowest BCUT2D eigenvalue weighted by Gasteiger charge is -2.26. The summed E-state index contributed by atoms with van der Waals surface area (Å²) in [5.41, 5.74) is 1.49. The average Bonchev–Trinajstić information content (AvgIpc) is 3.07. The van der Waals surface area contributed by atoms with Crippen molar-refractivity contribution >= 4 is 31.1 Å². The summed E-state index contributed by atoms with van der Waals surface area (Å²) in [6.45, 7) is 1.53. The van der Waals surface area contributed by atoms with Gasteiger partial charge in [-0.15, -0.1) is 0 Å². The van der Waals surface area contributed by atoms with Gasteiger partial charge in [-0.3, -0.25) is 4.57 Å². The fraction of sp³-hybridized carbons (Fsp3) is 0.350. The Morgan fingerprint density at radius 1 is 0.969 bits per heavy atom. The third-order valence-electron chi connectivity index (χ3n) is 5.31. The van der Waals surface area contributed by atoms with E-state index in [1.807, 2.05) is 0 Å². The Hall–Kier alpha value is -2.51. The summed E-state index contributed by atoms with van der Waals surface area (Å²) in [4.78, 5) is 11.8. The monoisotopic (exact) mass is 481 g/mol. The molecular weight excluding hydrogens is 458 g/mol. The first-order valence-electron chi connectivity index (χ1n) is 9.94. The first-order valence-corrected chi connectivity index (χ1v) is 12.9. The molecule has 0 saturated carbocycles. The van der Waals surface area contributed by atoms with Crippen molar-refractivity contribution in [2.24, 2.45) is 7.05 Å². The molecule has 172 valence electrons. The van der Waals surface area contributed by atoms with Gasteiger partial charge >= 0.3 is 5.76 Å². The van der Waals surface area contributed by atoms with Gasteiger partial charge in [0, 0.05) is 26.7 Å². The highest BCUT2D eigenvalue weighted by Crippen LogP contribution is 2.19. The van der Waals surface area contributed by atoms with E-state index in [0.717, 1.165) is 5.56 Å². The summed E-state index contributed by atoms with van der Waals surface area (Å²) >= 11 is 0. The first-order chi connectivity index (χ1) is 15.2. The Bertz CT molecular complexity index is 1390. The van der Waals surface area contributed by atoms with Crippen LogP contribution in [-0.2, 0) is 38.3 Å². The average molecular weight is 482 g/mol. The maximum atomic E-state index is 12.7. The van der Waals surface area contributed by atoms with Gasteiger partial charge in [-0.2, -0.15) is 4.31 Å². The fourth-order valence-corrected chi connectivity index (χ4v) is 5.91. The number of hydrogen-bond donors (Lipinski definition) is 1. The van der Waals surface area contributed by atoms with Gasteiger partial charge in [-0.25, -0.2) is 26.4 Å². The minimum absolute atomic E-state index is 0.0216. The molecule has 1 aromatic heterocycles. The molecular formula is C20H23N3O7S2. The van der Waals surface area contributed by atoms with Crippen LogP contribution in [0.2, 0.25) is 0 Å². The predicted molar refractivity (Wildman–Crippen MR) is 116 cm³/mol. The number of ether oxygens (including phenoxy) is 1. The highest BCUT2D eigenvalue weighted by molar-refractivity contribution is 7.89. The number of nitrogens with one attached hydrogen (secondary N) is 1. The Morgan fingerprint density at radius 2 is 1.62 bits per heavy atom. The van der Waals surface area contributed by atoms with Gasteiger partial charge in [0.25, 0.3) is 0 Å². The van der Waals surface area contributed by atoms with E-state index in [2.05, 4.69) is 4.72 Å². The van der Waals surface area contributed by atoms with Crippen LogP contribution < -0.4 is 10.5 Å². The van der Waals surface area contributed by atoms with Crippen LogP contribution in [0.4, 0.5) is 0 Å². The number of fused-ring (bicyclic) bond motifs is 1. The van der Waals surface area contributed by atoms with E-state index < -0.39 is 25.8 Å². The van der Waals surface area contributed by atoms with Crippen LogP contribution in [-0.4, -0.2) is 58.6 Å². The van der Waals surface area contributed by atoms with Crippen molar-refractivity contribution in [2.75, 3.05) is 32.8 Å². The van der Waals surface area contributed by atoms with Crippen LogP contribution in [0.1, 0.15) is 5.56 Å². The van der Waals surface area contributed by atoms with Crippen LogP contribution in [0.5, 0.6) is 0 Å². The number of benzene rings is 2. The molecule has 1 saturated heterocycles. The lowest BCUT2D eigenvalue weighted by atomic mass is 10.2. The second-order valence-corrected chi connectivity index (χ2v) is 11.1. The minimum atomic E-state index is -3.80. The van der Waals surface area contributed by atoms with Gasteiger partial charge < -0.3 is 9.15 Å². The summed E-state index contributed by atoms with van der Waals surface area (Å²) in [5, 5.41) is 0. The molecule has 0 aliphatic carbocycles. The van der Waals surface area contributed by atoms with Crippen molar-refractivity contribution < 1.29 is 26.0 Å². The third-order valence-corrected chi connectivity index (χ3v) is 8.68. The molecule has 3 aromatic rings. The van der Waals surface area contributed by atoms with Gasteiger partial charge in [0.1, 0.15) is 0 Å². The number of hydrogen-bond acceptors (Lipinski definition) is 7.